The van der Waals surface area contributed by atoms with Gasteiger partial charge in [0, 0.05) is 33.0 Å². The van der Waals surface area contributed by atoms with Crippen LogP contribution in [0.2, 0.25) is 0 Å². The number of anilines is 2. The van der Waals surface area contributed by atoms with E-state index in [9.17, 15) is 13.2 Å². The van der Waals surface area contributed by atoms with Crippen LogP contribution >= 0.6 is 0 Å². The molecule has 0 bridgehead atoms. The SMILES string of the molecule is CN(C)c1ccccc1N1CC(CS(N)(=O)=O)CC1=O. The van der Waals surface area contributed by atoms with Gasteiger partial charge >= 0.3 is 0 Å². The maximum absolute atomic E-state index is 12.1. The number of hydrogen-bond acceptors (Lipinski definition) is 4. The molecule has 1 aliphatic rings. The zero-order chi connectivity index (χ0) is 14.9. The summed E-state index contributed by atoms with van der Waals surface area (Å²) >= 11 is 0. The molecule has 1 atom stereocenters. The van der Waals surface area contributed by atoms with Crippen LogP contribution in [0.1, 0.15) is 6.42 Å². The fourth-order valence-electron chi connectivity index (χ4n) is 2.53. The Morgan fingerprint density at radius 2 is 2.00 bits per heavy atom. The van der Waals surface area contributed by atoms with E-state index in [0.29, 0.717) is 6.54 Å². The number of nitrogens with zero attached hydrogens (tertiary/aromatic N) is 2. The number of para-hydroxylation sites is 2. The molecule has 1 unspecified atom stereocenters. The molecule has 0 radical (unpaired) electrons. The van der Waals surface area contributed by atoms with Gasteiger partial charge < -0.3 is 9.80 Å². The maximum atomic E-state index is 12.1. The number of hydrogen-bond donors (Lipinski definition) is 1. The maximum Gasteiger partial charge on any atom is 0.227 e. The molecule has 2 rings (SSSR count). The van der Waals surface area contributed by atoms with E-state index in [1.54, 1.807) is 4.90 Å². The first-order valence-electron chi connectivity index (χ1n) is 6.35. The minimum absolute atomic E-state index is 0.0621. The molecular formula is C13H19N3O3S. The third kappa shape index (κ3) is 3.29. The number of rotatable bonds is 4. The molecule has 1 fully saturated rings. The van der Waals surface area contributed by atoms with E-state index in [0.717, 1.165) is 11.4 Å². The van der Waals surface area contributed by atoms with Crippen molar-refractivity contribution in [1.29, 1.82) is 0 Å². The van der Waals surface area contributed by atoms with Crippen LogP contribution in [0.15, 0.2) is 24.3 Å². The molecule has 20 heavy (non-hydrogen) atoms. The number of primary sulfonamides is 1. The first-order valence-corrected chi connectivity index (χ1v) is 8.06. The van der Waals surface area contributed by atoms with Gasteiger partial charge in [-0.3, -0.25) is 4.79 Å². The molecule has 2 N–H and O–H groups in total. The second-order valence-corrected chi connectivity index (χ2v) is 6.95. The van der Waals surface area contributed by atoms with Crippen LogP contribution in [0.4, 0.5) is 11.4 Å². The molecule has 1 aromatic carbocycles. The van der Waals surface area contributed by atoms with Gasteiger partial charge in [0.05, 0.1) is 17.1 Å². The summed E-state index contributed by atoms with van der Waals surface area (Å²) in [6.07, 6.45) is 0.220. The number of sulfonamides is 1. The number of carbonyl (C=O) groups excluding carboxylic acids is 1. The highest BCUT2D eigenvalue weighted by molar-refractivity contribution is 7.89. The molecule has 110 valence electrons. The molecule has 1 amide bonds. The van der Waals surface area contributed by atoms with Gasteiger partial charge in [0.1, 0.15) is 0 Å². The van der Waals surface area contributed by atoms with Crippen molar-refractivity contribution in [3.05, 3.63) is 24.3 Å². The number of carbonyl (C=O) groups is 1. The van der Waals surface area contributed by atoms with E-state index in [4.69, 9.17) is 5.14 Å². The lowest BCUT2D eigenvalue weighted by Crippen LogP contribution is -2.28. The van der Waals surface area contributed by atoms with Crippen molar-refractivity contribution in [3.8, 4) is 0 Å². The normalized spacial score (nSPS) is 19.4. The van der Waals surface area contributed by atoms with Crippen LogP contribution in [-0.2, 0) is 14.8 Å². The molecule has 6 nitrogen and oxygen atoms in total. The van der Waals surface area contributed by atoms with Gasteiger partial charge in [-0.15, -0.1) is 0 Å². The molecular weight excluding hydrogens is 278 g/mol. The molecule has 0 spiro atoms. The Balaban J connectivity index is 2.24. The van der Waals surface area contributed by atoms with Crippen LogP contribution in [0.3, 0.4) is 0 Å². The average Bonchev–Trinajstić information content (AvgIpc) is 2.67. The lowest BCUT2D eigenvalue weighted by atomic mass is 10.1. The summed E-state index contributed by atoms with van der Waals surface area (Å²) in [6, 6.07) is 7.56. The number of amides is 1. The lowest BCUT2D eigenvalue weighted by Gasteiger charge is -2.24. The number of benzene rings is 1. The van der Waals surface area contributed by atoms with Crippen LogP contribution in [0, 0.1) is 5.92 Å². The molecule has 1 saturated heterocycles. The van der Waals surface area contributed by atoms with Crippen molar-refractivity contribution < 1.29 is 13.2 Å². The van der Waals surface area contributed by atoms with Crippen molar-refractivity contribution in [3.63, 3.8) is 0 Å². The molecule has 1 heterocycles. The van der Waals surface area contributed by atoms with E-state index in [2.05, 4.69) is 0 Å². The minimum atomic E-state index is -3.55. The highest BCUT2D eigenvalue weighted by Gasteiger charge is 2.33. The second kappa shape index (κ2) is 5.41. The predicted octanol–water partition coefficient (Wildman–Crippen LogP) is 0.394. The van der Waals surface area contributed by atoms with E-state index in [1.165, 1.54) is 0 Å². The Bertz CT molecular complexity index is 613. The zero-order valence-corrected chi connectivity index (χ0v) is 12.4. The van der Waals surface area contributed by atoms with Crippen molar-refractivity contribution in [1.82, 2.24) is 0 Å². The van der Waals surface area contributed by atoms with Gasteiger partial charge in [-0.2, -0.15) is 0 Å². The Morgan fingerprint density at radius 1 is 1.35 bits per heavy atom. The van der Waals surface area contributed by atoms with Gasteiger partial charge in [0.15, 0.2) is 0 Å². The molecule has 0 aliphatic carbocycles. The van der Waals surface area contributed by atoms with Crippen LogP contribution in [0.5, 0.6) is 0 Å². The smallest absolute Gasteiger partial charge is 0.227 e. The topological polar surface area (TPSA) is 83.7 Å². The van der Waals surface area contributed by atoms with Gasteiger partial charge in [0.25, 0.3) is 0 Å². The number of nitrogens with two attached hydrogens (primary N) is 1. The monoisotopic (exact) mass is 297 g/mol. The quantitative estimate of drug-likeness (QED) is 0.871. The van der Waals surface area contributed by atoms with Crippen molar-refractivity contribution in [2.75, 3.05) is 36.2 Å². The van der Waals surface area contributed by atoms with E-state index in [1.807, 2.05) is 43.3 Å². The van der Waals surface area contributed by atoms with Crippen molar-refractivity contribution in [2.45, 2.75) is 6.42 Å². The van der Waals surface area contributed by atoms with Crippen LogP contribution in [0.25, 0.3) is 0 Å². The van der Waals surface area contributed by atoms with Crippen LogP contribution < -0.4 is 14.9 Å². The van der Waals surface area contributed by atoms with Gasteiger partial charge in [0.2, 0.25) is 15.9 Å². The average molecular weight is 297 g/mol. The summed E-state index contributed by atoms with van der Waals surface area (Å²) in [4.78, 5) is 15.7. The molecule has 0 aromatic heterocycles. The van der Waals surface area contributed by atoms with Crippen molar-refractivity contribution >= 4 is 27.3 Å². The van der Waals surface area contributed by atoms with E-state index >= 15 is 0 Å². The summed E-state index contributed by atoms with van der Waals surface area (Å²) in [5.41, 5.74) is 1.73. The summed E-state index contributed by atoms with van der Waals surface area (Å²) in [7, 11) is 0.256. The minimum Gasteiger partial charge on any atom is -0.376 e. The molecule has 1 aromatic rings. The Morgan fingerprint density at radius 3 is 2.60 bits per heavy atom. The first kappa shape index (κ1) is 14.8. The Hall–Kier alpha value is -1.60. The second-order valence-electron chi connectivity index (χ2n) is 5.29. The third-order valence-electron chi connectivity index (χ3n) is 3.33. The predicted molar refractivity (Wildman–Crippen MR) is 79.2 cm³/mol. The lowest BCUT2D eigenvalue weighted by molar-refractivity contribution is -0.117. The summed E-state index contributed by atoms with van der Waals surface area (Å²) < 4.78 is 22.3. The summed E-state index contributed by atoms with van der Waals surface area (Å²) in [5, 5.41) is 5.06. The van der Waals surface area contributed by atoms with E-state index in [-0.39, 0.29) is 24.0 Å². The molecule has 7 heteroatoms. The summed E-state index contributed by atoms with van der Waals surface area (Å²) in [5.74, 6) is -0.458. The highest BCUT2D eigenvalue weighted by Crippen LogP contribution is 2.32. The Labute approximate surface area is 119 Å². The van der Waals surface area contributed by atoms with Gasteiger partial charge in [-0.1, -0.05) is 12.1 Å². The van der Waals surface area contributed by atoms with Gasteiger partial charge in [-0.25, -0.2) is 13.6 Å². The molecule has 1 aliphatic heterocycles. The Kier molecular flexibility index (Phi) is 4.01. The van der Waals surface area contributed by atoms with E-state index < -0.39 is 10.0 Å². The van der Waals surface area contributed by atoms with Crippen molar-refractivity contribution in [2.24, 2.45) is 11.1 Å². The molecule has 0 saturated carbocycles. The highest BCUT2D eigenvalue weighted by atomic mass is 32.2. The fraction of sp³-hybridized carbons (Fsp3) is 0.462. The fourth-order valence-corrected chi connectivity index (χ4v) is 3.41. The zero-order valence-electron chi connectivity index (χ0n) is 11.6. The summed E-state index contributed by atoms with van der Waals surface area (Å²) in [6.45, 7) is 0.389. The van der Waals surface area contributed by atoms with Crippen LogP contribution in [-0.4, -0.2) is 40.7 Å². The first-order chi connectivity index (χ1) is 9.28. The van der Waals surface area contributed by atoms with Gasteiger partial charge in [-0.05, 0) is 12.1 Å². The standard InChI is InChI=1S/C13H19N3O3S/c1-15(2)11-5-3-4-6-12(11)16-8-10(7-13(16)17)9-20(14,18)19/h3-6,10H,7-9H2,1-2H3,(H2,14,18,19). The largest absolute Gasteiger partial charge is 0.376 e. The third-order valence-corrected chi connectivity index (χ3v) is 4.26.